The molecule has 0 heterocycles. The summed E-state index contributed by atoms with van der Waals surface area (Å²) in [6.07, 6.45) is 1.21. The van der Waals surface area contributed by atoms with Gasteiger partial charge in [0.2, 0.25) is 0 Å². The van der Waals surface area contributed by atoms with E-state index in [9.17, 15) is 0 Å². The average molecular weight is 992 g/mol. The molecule has 0 bridgehead atoms. The molecule has 0 saturated carbocycles. The number of ether oxygens (including phenoxy) is 4. The van der Waals surface area contributed by atoms with Gasteiger partial charge in [0.1, 0.15) is 0 Å². The van der Waals surface area contributed by atoms with Crippen LogP contribution in [0.4, 0.5) is 0 Å². The van der Waals surface area contributed by atoms with E-state index in [0.29, 0.717) is 12.5 Å². The molecule has 0 amide bonds. The van der Waals surface area contributed by atoms with E-state index in [1.807, 2.05) is 24.3 Å². The van der Waals surface area contributed by atoms with Crippen molar-refractivity contribution < 1.29 is 97.3 Å². The van der Waals surface area contributed by atoms with Gasteiger partial charge in [-0.25, -0.2) is 16.8 Å². The Labute approximate surface area is 383 Å². The number of fused-ring (bicyclic) bond motifs is 6. The van der Waals surface area contributed by atoms with Crippen molar-refractivity contribution in [1.82, 2.24) is 0 Å². The maximum Gasteiger partial charge on any atom is 2.00 e. The van der Waals surface area contributed by atoms with Gasteiger partial charge in [-0.3, -0.25) is 0 Å². The van der Waals surface area contributed by atoms with Crippen molar-refractivity contribution >= 4 is 63.3 Å². The summed E-state index contributed by atoms with van der Waals surface area (Å²) in [5, 5.41) is 9.83. The Morgan fingerprint density at radius 1 is 0.397 bits per heavy atom. The second-order valence-electron chi connectivity index (χ2n) is 17.6. The number of rotatable bonds is 4. The molecular weight excluding hydrogens is 935 g/mol. The predicted molar refractivity (Wildman–Crippen MR) is 227 cm³/mol. The molecular formula is C44H56O10S2Zr2. The van der Waals surface area contributed by atoms with Gasteiger partial charge in [-0.2, -0.15) is 0 Å². The van der Waals surface area contributed by atoms with Crippen LogP contribution < -0.4 is 18.9 Å². The Morgan fingerprint density at radius 2 is 0.552 bits per heavy atom. The molecule has 6 aromatic rings. The molecule has 6 rings (SSSR count). The molecule has 14 heteroatoms. The number of benzene rings is 4. The van der Waals surface area contributed by atoms with Crippen molar-refractivity contribution in [3.8, 4) is 23.0 Å². The van der Waals surface area contributed by atoms with Crippen LogP contribution in [0.5, 0.6) is 23.0 Å². The normalized spacial score (nSPS) is 12.1. The molecule has 0 aliphatic heterocycles. The Hall–Kier alpha value is -2.59. The van der Waals surface area contributed by atoms with Gasteiger partial charge in [0.15, 0.2) is 0 Å². The fourth-order valence-electron chi connectivity index (χ4n) is 5.63. The molecule has 0 aliphatic carbocycles. The van der Waals surface area contributed by atoms with Crippen molar-refractivity contribution in [3.63, 3.8) is 0 Å². The molecule has 0 aromatic heterocycles. The van der Waals surface area contributed by atoms with Gasteiger partial charge in [0.05, 0.1) is 65.6 Å². The van der Waals surface area contributed by atoms with Gasteiger partial charge in [0, 0.05) is 12.5 Å². The first-order valence-electron chi connectivity index (χ1n) is 18.1. The van der Waals surface area contributed by atoms with E-state index in [0.717, 1.165) is 23.0 Å². The molecule has 6 aromatic carbocycles. The van der Waals surface area contributed by atoms with Crippen LogP contribution in [0.15, 0.2) is 84.9 Å². The second-order valence-corrected chi connectivity index (χ2v) is 20.4. The van der Waals surface area contributed by atoms with Crippen LogP contribution in [0.3, 0.4) is 0 Å². The van der Waals surface area contributed by atoms with Gasteiger partial charge < -0.3 is 28.1 Å². The van der Waals surface area contributed by atoms with Crippen molar-refractivity contribution in [1.29, 1.82) is 0 Å². The van der Waals surface area contributed by atoms with Crippen LogP contribution in [-0.2, 0) is 72.6 Å². The first kappa shape index (κ1) is 53.4. The number of hydrogen-bond acceptors (Lipinski definition) is 10. The zero-order valence-electron chi connectivity index (χ0n) is 36.0. The SMILES string of the molecule is CC(C)(C)Oc1ccc2c(c1)[cH-]c1cc(OC(C)(C)C)ccc12.CC(C)(C)Oc1ccc2c(c1)[cH-]c1cc(OC(C)(C)C)ccc12.CS(=O)(=O)[O-].CS(=O)(=O)[O-].[Zr+2].[Zr+2]. The van der Waals surface area contributed by atoms with E-state index in [4.69, 9.17) is 44.9 Å². The third kappa shape index (κ3) is 20.1. The molecule has 0 radical (unpaired) electrons. The van der Waals surface area contributed by atoms with Crippen LogP contribution in [-0.4, -0.2) is 60.9 Å². The predicted octanol–water partition coefficient (Wildman–Crippen LogP) is 10.5. The van der Waals surface area contributed by atoms with Crippen LogP contribution in [0.25, 0.3) is 43.1 Å². The summed E-state index contributed by atoms with van der Waals surface area (Å²) in [4.78, 5) is 0. The Balaban J connectivity index is 0.000000458. The van der Waals surface area contributed by atoms with Gasteiger partial charge >= 0.3 is 52.4 Å². The third-order valence-corrected chi connectivity index (χ3v) is 6.99. The average Bonchev–Trinajstić information content (AvgIpc) is 3.48. The maximum atomic E-state index is 9.08. The van der Waals surface area contributed by atoms with E-state index >= 15 is 0 Å². The third-order valence-electron chi connectivity index (χ3n) is 6.99. The standard InChI is InChI=1S/2C21H25O2.2CH4O3S.2Zr/c2*1-20(2,3)22-16-7-9-18-14(12-16)11-15-13-17(8-10-19(15)18)23-21(4,5)6;2*1-5(2,3)4;;/h2*7-13H,1-6H3;2*1H3,(H,2,3,4);;/q2*-1;;;2*+2/p-2. The molecule has 58 heavy (non-hydrogen) atoms. The van der Waals surface area contributed by atoms with Crippen LogP contribution in [0.2, 0.25) is 0 Å². The van der Waals surface area contributed by atoms with E-state index in [-0.39, 0.29) is 74.8 Å². The van der Waals surface area contributed by atoms with E-state index in [1.165, 1.54) is 43.1 Å². The van der Waals surface area contributed by atoms with Crippen molar-refractivity contribution in [2.24, 2.45) is 0 Å². The zero-order valence-corrected chi connectivity index (χ0v) is 42.5. The van der Waals surface area contributed by atoms with E-state index < -0.39 is 20.2 Å². The molecule has 0 saturated heterocycles. The van der Waals surface area contributed by atoms with Gasteiger partial charge in [-0.05, 0) is 107 Å². The van der Waals surface area contributed by atoms with Gasteiger partial charge in [0.25, 0.3) is 0 Å². The fourth-order valence-corrected chi connectivity index (χ4v) is 5.63. The van der Waals surface area contributed by atoms with Crippen LogP contribution in [0.1, 0.15) is 83.1 Å². The Kier molecular flexibility index (Phi) is 18.7. The summed E-state index contributed by atoms with van der Waals surface area (Å²) >= 11 is 0. The fraction of sp³-hybridized carbons (Fsp3) is 0.409. The molecule has 0 aliphatic rings. The van der Waals surface area contributed by atoms with Crippen molar-refractivity contribution in [2.45, 2.75) is 105 Å². The summed E-state index contributed by atoms with van der Waals surface area (Å²) in [5.74, 6) is 3.64. The van der Waals surface area contributed by atoms with Gasteiger partial charge in [-0.1, -0.05) is 48.5 Å². The summed E-state index contributed by atoms with van der Waals surface area (Å²) in [6, 6.07) is 29.6. The minimum absolute atomic E-state index is 0. The summed E-state index contributed by atoms with van der Waals surface area (Å²) in [5.41, 5.74) is -0.748. The first-order chi connectivity index (χ1) is 25.2. The molecule has 0 N–H and O–H groups in total. The summed E-state index contributed by atoms with van der Waals surface area (Å²) < 4.78 is 78.3. The maximum absolute atomic E-state index is 9.08. The number of hydrogen-bond donors (Lipinski definition) is 0. The van der Waals surface area contributed by atoms with E-state index in [2.05, 4.69) is 144 Å². The Bertz CT molecular complexity index is 2160. The molecule has 0 spiro atoms. The zero-order chi connectivity index (χ0) is 42.7. The first-order valence-corrected chi connectivity index (χ1v) is 21.7. The van der Waals surface area contributed by atoms with Crippen molar-refractivity contribution in [3.05, 3.63) is 84.9 Å². The monoisotopic (exact) mass is 988 g/mol. The Morgan fingerprint density at radius 3 is 0.690 bits per heavy atom. The van der Waals surface area contributed by atoms with Crippen LogP contribution in [0, 0.1) is 0 Å². The van der Waals surface area contributed by atoms with Gasteiger partial charge in [-0.15, -0.1) is 55.2 Å². The van der Waals surface area contributed by atoms with E-state index in [1.54, 1.807) is 0 Å². The molecule has 0 fully saturated rings. The summed E-state index contributed by atoms with van der Waals surface area (Å²) in [6.45, 7) is 24.8. The molecule has 10 nitrogen and oxygen atoms in total. The van der Waals surface area contributed by atoms with Crippen molar-refractivity contribution in [2.75, 3.05) is 12.5 Å². The second kappa shape index (κ2) is 20.3. The largest absolute Gasteiger partial charge is 2.00 e. The molecule has 0 unspecified atom stereocenters. The van der Waals surface area contributed by atoms with Crippen LogP contribution >= 0.6 is 0 Å². The minimum atomic E-state index is -3.92. The molecule has 0 atom stereocenters. The summed E-state index contributed by atoms with van der Waals surface area (Å²) in [7, 11) is -7.83. The minimum Gasteiger partial charge on any atom is -0.748 e. The quantitative estimate of drug-likeness (QED) is 0.123. The topological polar surface area (TPSA) is 151 Å². The molecule has 312 valence electrons. The smallest absolute Gasteiger partial charge is 0.748 e.